The van der Waals surface area contributed by atoms with E-state index in [4.69, 9.17) is 4.74 Å². The molecule has 0 saturated carbocycles. The highest BCUT2D eigenvalue weighted by Crippen LogP contribution is 2.23. The van der Waals surface area contributed by atoms with Crippen LogP contribution in [0.25, 0.3) is 0 Å². The van der Waals surface area contributed by atoms with E-state index in [1.165, 1.54) is 22.3 Å². The van der Waals surface area contributed by atoms with Crippen molar-refractivity contribution in [2.75, 3.05) is 6.54 Å². The first kappa shape index (κ1) is 21.0. The molecule has 1 atom stereocenters. The van der Waals surface area contributed by atoms with Crippen LogP contribution in [0.15, 0.2) is 121 Å². The Bertz CT molecular complexity index is 962. The molecule has 4 aromatic rings. The molecule has 0 radical (unpaired) electrons. The Hall–Kier alpha value is -3.20. The number of hydrogen-bond acceptors (Lipinski definition) is 2. The van der Waals surface area contributed by atoms with Gasteiger partial charge in [0.05, 0.1) is 12.7 Å². The van der Waals surface area contributed by atoms with Crippen molar-refractivity contribution in [3.05, 3.63) is 144 Å². The lowest BCUT2D eigenvalue weighted by atomic mass is 10.1. The molecule has 0 bridgehead atoms. The van der Waals surface area contributed by atoms with Gasteiger partial charge in [-0.2, -0.15) is 0 Å². The second-order valence-corrected chi connectivity index (χ2v) is 7.84. The molecular formula is C29H29NO. The number of ether oxygens (including phenoxy) is 1. The molecule has 0 aromatic heterocycles. The highest BCUT2D eigenvalue weighted by atomic mass is 16.5. The van der Waals surface area contributed by atoms with Crippen LogP contribution in [0.2, 0.25) is 0 Å². The van der Waals surface area contributed by atoms with Crippen LogP contribution in [0, 0.1) is 0 Å². The zero-order valence-corrected chi connectivity index (χ0v) is 17.8. The minimum atomic E-state index is -0.00571. The molecule has 0 heterocycles. The molecule has 1 unspecified atom stereocenters. The van der Waals surface area contributed by atoms with Crippen LogP contribution in [-0.4, -0.2) is 11.4 Å². The van der Waals surface area contributed by atoms with Gasteiger partial charge in [0.2, 0.25) is 0 Å². The van der Waals surface area contributed by atoms with E-state index in [9.17, 15) is 0 Å². The first-order chi connectivity index (χ1) is 15.4. The lowest BCUT2D eigenvalue weighted by molar-refractivity contribution is 0.0100. The molecule has 0 fully saturated rings. The summed E-state index contributed by atoms with van der Waals surface area (Å²) in [6, 6.07) is 42.3. The zero-order chi connectivity index (χ0) is 21.1. The highest BCUT2D eigenvalue weighted by molar-refractivity contribution is 5.21. The summed E-state index contributed by atoms with van der Waals surface area (Å²) < 4.78 is 6.48. The second-order valence-electron chi connectivity index (χ2n) is 7.84. The van der Waals surface area contributed by atoms with E-state index in [0.717, 1.165) is 19.6 Å². The maximum atomic E-state index is 6.48. The maximum absolute atomic E-state index is 6.48. The van der Waals surface area contributed by atoms with E-state index in [-0.39, 0.29) is 6.10 Å². The lowest BCUT2D eigenvalue weighted by Gasteiger charge is -2.28. The van der Waals surface area contributed by atoms with Crippen LogP contribution in [0.1, 0.15) is 28.4 Å². The quantitative estimate of drug-likeness (QED) is 0.292. The summed E-state index contributed by atoms with van der Waals surface area (Å²) in [6.45, 7) is 3.19. The van der Waals surface area contributed by atoms with Crippen LogP contribution in [-0.2, 0) is 24.4 Å². The summed E-state index contributed by atoms with van der Waals surface area (Å²) in [5.74, 6) is 0. The first-order valence-electron chi connectivity index (χ1n) is 10.9. The number of hydrogen-bond donors (Lipinski definition) is 0. The molecule has 0 aliphatic carbocycles. The fourth-order valence-electron chi connectivity index (χ4n) is 3.80. The third-order valence-electron chi connectivity index (χ3n) is 5.39. The first-order valence-corrected chi connectivity index (χ1v) is 10.9. The number of nitrogens with zero attached hydrogens (tertiary/aromatic N) is 1. The van der Waals surface area contributed by atoms with Crippen LogP contribution in [0.3, 0.4) is 0 Å². The van der Waals surface area contributed by atoms with E-state index in [2.05, 4.69) is 120 Å². The molecule has 0 aliphatic heterocycles. The summed E-state index contributed by atoms with van der Waals surface area (Å²) in [5, 5.41) is 0. The Morgan fingerprint density at radius 3 is 1.42 bits per heavy atom. The summed E-state index contributed by atoms with van der Waals surface area (Å²) in [4.78, 5) is 2.48. The van der Waals surface area contributed by atoms with Crippen molar-refractivity contribution in [2.24, 2.45) is 0 Å². The van der Waals surface area contributed by atoms with Crippen molar-refractivity contribution >= 4 is 0 Å². The van der Waals surface area contributed by atoms with Crippen LogP contribution in [0.5, 0.6) is 0 Å². The summed E-state index contributed by atoms with van der Waals surface area (Å²) in [6.07, 6.45) is -0.00571. The third-order valence-corrected chi connectivity index (χ3v) is 5.39. The largest absolute Gasteiger partial charge is 0.368 e. The van der Waals surface area contributed by atoms with Gasteiger partial charge in [-0.25, -0.2) is 0 Å². The van der Waals surface area contributed by atoms with Gasteiger partial charge in [-0.1, -0.05) is 121 Å². The van der Waals surface area contributed by atoms with E-state index >= 15 is 0 Å². The fraction of sp³-hybridized carbons (Fsp3) is 0.172. The van der Waals surface area contributed by atoms with Gasteiger partial charge in [0.1, 0.15) is 0 Å². The van der Waals surface area contributed by atoms with Crippen LogP contribution >= 0.6 is 0 Å². The molecule has 0 amide bonds. The average Bonchev–Trinajstić information content (AvgIpc) is 2.84. The van der Waals surface area contributed by atoms with Gasteiger partial charge in [-0.15, -0.1) is 0 Å². The van der Waals surface area contributed by atoms with Crippen molar-refractivity contribution in [3.63, 3.8) is 0 Å². The standard InChI is InChI=1S/C29H29NO/c1-5-13-25(14-6-1)21-30(22-26-15-7-2-8-16-26)23-29(28-19-11-4-12-20-28)31-24-27-17-9-3-10-18-27/h1-20,29H,21-24H2. The molecule has 2 nitrogen and oxygen atoms in total. The molecule has 31 heavy (non-hydrogen) atoms. The normalized spacial score (nSPS) is 12.0. The predicted octanol–water partition coefficient (Wildman–Crippen LogP) is 6.65. The molecule has 2 heteroatoms. The molecular weight excluding hydrogens is 378 g/mol. The SMILES string of the molecule is c1ccc(COC(CN(Cc2ccccc2)Cc2ccccc2)c2ccccc2)cc1. The van der Waals surface area contributed by atoms with E-state index < -0.39 is 0 Å². The van der Waals surface area contributed by atoms with Crippen molar-refractivity contribution in [1.29, 1.82) is 0 Å². The average molecular weight is 408 g/mol. The maximum Gasteiger partial charge on any atom is 0.0956 e. The molecule has 0 N–H and O–H groups in total. The molecule has 0 aliphatic rings. The minimum Gasteiger partial charge on any atom is -0.368 e. The predicted molar refractivity (Wildman–Crippen MR) is 127 cm³/mol. The van der Waals surface area contributed by atoms with Gasteiger partial charge in [0.15, 0.2) is 0 Å². The zero-order valence-electron chi connectivity index (χ0n) is 17.8. The lowest BCUT2D eigenvalue weighted by Crippen LogP contribution is -2.29. The van der Waals surface area contributed by atoms with E-state index in [1.54, 1.807) is 0 Å². The summed E-state index contributed by atoms with van der Waals surface area (Å²) in [7, 11) is 0. The van der Waals surface area contributed by atoms with Crippen molar-refractivity contribution in [3.8, 4) is 0 Å². The van der Waals surface area contributed by atoms with Gasteiger partial charge in [0.25, 0.3) is 0 Å². The molecule has 4 aromatic carbocycles. The van der Waals surface area contributed by atoms with Crippen molar-refractivity contribution in [1.82, 2.24) is 4.90 Å². The molecule has 0 saturated heterocycles. The van der Waals surface area contributed by atoms with Gasteiger partial charge >= 0.3 is 0 Å². The monoisotopic (exact) mass is 407 g/mol. The Kier molecular flexibility index (Phi) is 7.65. The Morgan fingerprint density at radius 1 is 0.516 bits per heavy atom. The Morgan fingerprint density at radius 2 is 0.935 bits per heavy atom. The van der Waals surface area contributed by atoms with Gasteiger partial charge in [0, 0.05) is 19.6 Å². The summed E-state index contributed by atoms with van der Waals surface area (Å²) in [5.41, 5.74) is 5.03. The molecule has 156 valence electrons. The minimum absolute atomic E-state index is 0.00571. The Balaban J connectivity index is 1.54. The topological polar surface area (TPSA) is 12.5 Å². The summed E-state index contributed by atoms with van der Waals surface area (Å²) >= 11 is 0. The fourth-order valence-corrected chi connectivity index (χ4v) is 3.80. The molecule has 0 spiro atoms. The smallest absolute Gasteiger partial charge is 0.0956 e. The van der Waals surface area contributed by atoms with Crippen molar-refractivity contribution < 1.29 is 4.74 Å². The number of benzene rings is 4. The Labute approximate surface area is 185 Å². The van der Waals surface area contributed by atoms with Gasteiger partial charge in [-0.3, -0.25) is 4.90 Å². The van der Waals surface area contributed by atoms with E-state index in [0.29, 0.717) is 6.61 Å². The number of rotatable bonds is 10. The van der Waals surface area contributed by atoms with E-state index in [1.807, 2.05) is 6.07 Å². The second kappa shape index (κ2) is 11.3. The van der Waals surface area contributed by atoms with Gasteiger partial charge < -0.3 is 4.74 Å². The van der Waals surface area contributed by atoms with Crippen LogP contribution in [0.4, 0.5) is 0 Å². The van der Waals surface area contributed by atoms with Gasteiger partial charge in [-0.05, 0) is 22.3 Å². The molecule has 4 rings (SSSR count). The third kappa shape index (κ3) is 6.65. The highest BCUT2D eigenvalue weighted by Gasteiger charge is 2.18. The van der Waals surface area contributed by atoms with Crippen LogP contribution < -0.4 is 0 Å². The van der Waals surface area contributed by atoms with Crippen molar-refractivity contribution in [2.45, 2.75) is 25.8 Å².